The van der Waals surface area contributed by atoms with E-state index in [0.717, 1.165) is 41.9 Å². The molecule has 0 bridgehead atoms. The summed E-state index contributed by atoms with van der Waals surface area (Å²) in [5.74, 6) is 0.484. The van der Waals surface area contributed by atoms with E-state index in [2.05, 4.69) is 25.9 Å². The molecule has 1 aliphatic carbocycles. The van der Waals surface area contributed by atoms with Gasteiger partial charge in [0.25, 0.3) is 0 Å². The van der Waals surface area contributed by atoms with Crippen molar-refractivity contribution in [2.75, 3.05) is 14.1 Å². The fraction of sp³-hybridized carbons (Fsp3) is 0.600. The summed E-state index contributed by atoms with van der Waals surface area (Å²) in [6.45, 7) is 7.15. The smallest absolute Gasteiger partial charge is 0.194 e. The molecule has 0 aliphatic heterocycles. The SMILES string of the molecule is CCn1nc2c(c1C(C)C)C(=O)/C(=C/N(C)C)CC2. The zero-order chi connectivity index (χ0) is 14.2. The number of hydrogen-bond acceptors (Lipinski definition) is 3. The molecule has 1 aromatic rings. The zero-order valence-electron chi connectivity index (χ0n) is 12.5. The number of carbonyl (C=O) groups excluding carboxylic acids is 1. The molecule has 4 heteroatoms. The summed E-state index contributed by atoms with van der Waals surface area (Å²) < 4.78 is 1.99. The Kier molecular flexibility index (Phi) is 3.78. The van der Waals surface area contributed by atoms with E-state index in [-0.39, 0.29) is 5.78 Å². The van der Waals surface area contributed by atoms with Crippen LogP contribution in [0.2, 0.25) is 0 Å². The normalized spacial score (nSPS) is 17.2. The molecule has 0 saturated carbocycles. The van der Waals surface area contributed by atoms with Gasteiger partial charge in [-0.3, -0.25) is 9.48 Å². The molecule has 0 atom stereocenters. The van der Waals surface area contributed by atoms with E-state index in [4.69, 9.17) is 0 Å². The molecule has 0 amide bonds. The minimum atomic E-state index is 0.165. The van der Waals surface area contributed by atoms with Crippen LogP contribution in [0.15, 0.2) is 11.8 Å². The van der Waals surface area contributed by atoms with Crippen LogP contribution in [0.25, 0.3) is 0 Å². The summed E-state index contributed by atoms with van der Waals surface area (Å²) >= 11 is 0. The second-order valence-corrected chi connectivity index (χ2v) is 5.62. The van der Waals surface area contributed by atoms with Gasteiger partial charge in [-0.15, -0.1) is 0 Å². The highest BCUT2D eigenvalue weighted by Crippen LogP contribution is 2.31. The van der Waals surface area contributed by atoms with Crippen LogP contribution in [-0.4, -0.2) is 34.6 Å². The first-order chi connectivity index (χ1) is 8.95. The van der Waals surface area contributed by atoms with Gasteiger partial charge in [0.1, 0.15) is 0 Å². The van der Waals surface area contributed by atoms with Gasteiger partial charge >= 0.3 is 0 Å². The van der Waals surface area contributed by atoms with E-state index in [1.807, 2.05) is 29.9 Å². The molecule has 0 radical (unpaired) electrons. The van der Waals surface area contributed by atoms with Crippen LogP contribution in [0.1, 0.15) is 54.9 Å². The maximum atomic E-state index is 12.7. The molecule has 1 aromatic heterocycles. The molecule has 4 nitrogen and oxygen atoms in total. The van der Waals surface area contributed by atoms with Gasteiger partial charge in [0, 0.05) is 32.4 Å². The third-order valence-electron chi connectivity index (χ3n) is 3.47. The predicted molar refractivity (Wildman–Crippen MR) is 76.4 cm³/mol. The standard InChI is InChI=1S/C15H23N3O/c1-6-18-14(10(2)3)13-12(16-18)8-7-11(15(13)19)9-17(4)5/h9-10H,6-8H2,1-5H3/b11-9+. The molecule has 1 aliphatic rings. The van der Waals surface area contributed by atoms with E-state index in [1.54, 1.807) is 0 Å². The van der Waals surface area contributed by atoms with Crippen LogP contribution in [0.5, 0.6) is 0 Å². The lowest BCUT2D eigenvalue weighted by atomic mass is 9.88. The van der Waals surface area contributed by atoms with Crippen molar-refractivity contribution in [3.05, 3.63) is 28.7 Å². The number of carbonyl (C=O) groups is 1. The fourth-order valence-electron chi connectivity index (χ4n) is 2.74. The Morgan fingerprint density at radius 2 is 2.05 bits per heavy atom. The van der Waals surface area contributed by atoms with Gasteiger partial charge in [0.05, 0.1) is 17.0 Å². The molecule has 104 valence electrons. The molecule has 1 heterocycles. The highest BCUT2D eigenvalue weighted by molar-refractivity contribution is 6.11. The lowest BCUT2D eigenvalue weighted by Crippen LogP contribution is -2.18. The summed E-state index contributed by atoms with van der Waals surface area (Å²) in [5.41, 5.74) is 3.82. The topological polar surface area (TPSA) is 38.1 Å². The molecular weight excluding hydrogens is 238 g/mol. The zero-order valence-corrected chi connectivity index (χ0v) is 12.5. The number of hydrogen-bond donors (Lipinski definition) is 0. The highest BCUT2D eigenvalue weighted by Gasteiger charge is 2.30. The Morgan fingerprint density at radius 1 is 1.37 bits per heavy atom. The molecule has 0 unspecified atom stereocenters. The van der Waals surface area contributed by atoms with Crippen LogP contribution in [0, 0.1) is 0 Å². The molecular formula is C15H23N3O. The number of aryl methyl sites for hydroxylation is 2. The van der Waals surface area contributed by atoms with Gasteiger partial charge < -0.3 is 4.90 Å². The molecule has 19 heavy (non-hydrogen) atoms. The summed E-state index contributed by atoms with van der Waals surface area (Å²) in [7, 11) is 3.91. The van der Waals surface area contributed by atoms with Gasteiger partial charge in [-0.05, 0) is 25.7 Å². The highest BCUT2D eigenvalue weighted by atomic mass is 16.1. The maximum Gasteiger partial charge on any atom is 0.194 e. The second-order valence-electron chi connectivity index (χ2n) is 5.62. The molecule has 2 rings (SSSR count). The average molecular weight is 261 g/mol. The van der Waals surface area contributed by atoms with Crippen molar-refractivity contribution in [1.82, 2.24) is 14.7 Å². The van der Waals surface area contributed by atoms with Gasteiger partial charge in [-0.2, -0.15) is 5.10 Å². The van der Waals surface area contributed by atoms with Crippen LogP contribution in [0.3, 0.4) is 0 Å². The quantitative estimate of drug-likeness (QED) is 0.785. The van der Waals surface area contributed by atoms with E-state index < -0.39 is 0 Å². The number of fused-ring (bicyclic) bond motifs is 1. The summed E-state index contributed by atoms with van der Waals surface area (Å²) in [4.78, 5) is 14.6. The molecule has 0 fully saturated rings. The first-order valence-corrected chi connectivity index (χ1v) is 6.97. The minimum absolute atomic E-state index is 0.165. The van der Waals surface area contributed by atoms with Crippen molar-refractivity contribution in [2.45, 2.75) is 46.1 Å². The first-order valence-electron chi connectivity index (χ1n) is 6.97. The average Bonchev–Trinajstić information content (AvgIpc) is 2.71. The van der Waals surface area contributed by atoms with Crippen LogP contribution in [0.4, 0.5) is 0 Å². The Morgan fingerprint density at radius 3 is 2.58 bits per heavy atom. The lowest BCUT2D eigenvalue weighted by molar-refractivity contribution is 0.102. The number of nitrogens with zero attached hydrogens (tertiary/aromatic N) is 3. The molecule has 0 spiro atoms. The van der Waals surface area contributed by atoms with Gasteiger partial charge in [0.15, 0.2) is 5.78 Å². The Labute approximate surface area is 115 Å². The van der Waals surface area contributed by atoms with Crippen molar-refractivity contribution in [2.24, 2.45) is 0 Å². The number of ketones is 1. The van der Waals surface area contributed by atoms with Gasteiger partial charge in [-0.25, -0.2) is 0 Å². The van der Waals surface area contributed by atoms with Crippen LogP contribution in [-0.2, 0) is 13.0 Å². The van der Waals surface area contributed by atoms with Crippen LogP contribution >= 0.6 is 0 Å². The predicted octanol–water partition coefficient (Wildman–Crippen LogP) is 2.60. The van der Waals surface area contributed by atoms with Crippen molar-refractivity contribution < 1.29 is 4.79 Å². The number of allylic oxidation sites excluding steroid dienone is 1. The monoisotopic (exact) mass is 261 g/mol. The van der Waals surface area contributed by atoms with E-state index in [9.17, 15) is 4.79 Å². The van der Waals surface area contributed by atoms with Crippen molar-refractivity contribution >= 4 is 5.78 Å². The largest absolute Gasteiger partial charge is 0.383 e. The summed E-state index contributed by atoms with van der Waals surface area (Å²) in [6.07, 6.45) is 3.61. The second kappa shape index (κ2) is 5.19. The Hall–Kier alpha value is -1.58. The first kappa shape index (κ1) is 13.8. The number of aromatic nitrogens is 2. The fourth-order valence-corrected chi connectivity index (χ4v) is 2.74. The molecule has 0 saturated heterocycles. The maximum absolute atomic E-state index is 12.7. The Bertz CT molecular complexity index is 524. The molecule has 0 N–H and O–H groups in total. The van der Waals surface area contributed by atoms with Crippen LogP contribution < -0.4 is 0 Å². The minimum Gasteiger partial charge on any atom is -0.383 e. The third kappa shape index (κ3) is 2.44. The summed E-state index contributed by atoms with van der Waals surface area (Å²) in [5, 5.41) is 4.61. The van der Waals surface area contributed by atoms with E-state index in [0.29, 0.717) is 5.92 Å². The van der Waals surface area contributed by atoms with Gasteiger partial charge in [-0.1, -0.05) is 13.8 Å². The molecule has 0 aromatic carbocycles. The van der Waals surface area contributed by atoms with Gasteiger partial charge in [0.2, 0.25) is 0 Å². The van der Waals surface area contributed by atoms with Crippen molar-refractivity contribution in [1.29, 1.82) is 0 Å². The number of rotatable bonds is 3. The van der Waals surface area contributed by atoms with E-state index >= 15 is 0 Å². The van der Waals surface area contributed by atoms with E-state index in [1.165, 1.54) is 0 Å². The van der Waals surface area contributed by atoms with Crippen molar-refractivity contribution in [3.8, 4) is 0 Å². The van der Waals surface area contributed by atoms with Crippen molar-refractivity contribution in [3.63, 3.8) is 0 Å². The third-order valence-corrected chi connectivity index (χ3v) is 3.47. The summed E-state index contributed by atoms with van der Waals surface area (Å²) in [6, 6.07) is 0. The Balaban J connectivity index is 2.53. The number of Topliss-reactive ketones (excluding diaryl/α,β-unsaturated/α-hetero) is 1. The lowest BCUT2D eigenvalue weighted by Gasteiger charge is -2.17.